The Kier molecular flexibility index (Phi) is 3.23. The van der Waals surface area contributed by atoms with Crippen molar-refractivity contribution in [3.63, 3.8) is 0 Å². The Hall–Kier alpha value is -2.43. The van der Waals surface area contributed by atoms with Crippen molar-refractivity contribution in [2.45, 2.75) is 0 Å². The SMILES string of the molecule is Nc1cc(F)cc(C(=O)Nc2ccc(F)cc2)c1. The highest BCUT2D eigenvalue weighted by Crippen LogP contribution is 2.14. The Morgan fingerprint density at radius 2 is 1.67 bits per heavy atom. The van der Waals surface area contributed by atoms with Gasteiger partial charge in [-0.25, -0.2) is 8.78 Å². The van der Waals surface area contributed by atoms with Gasteiger partial charge in [-0.3, -0.25) is 4.79 Å². The van der Waals surface area contributed by atoms with E-state index in [2.05, 4.69) is 5.32 Å². The second-order valence-electron chi connectivity index (χ2n) is 3.73. The van der Waals surface area contributed by atoms with Crippen LogP contribution in [0, 0.1) is 11.6 Å². The van der Waals surface area contributed by atoms with Crippen LogP contribution in [0.4, 0.5) is 20.2 Å². The lowest BCUT2D eigenvalue weighted by Crippen LogP contribution is -2.12. The van der Waals surface area contributed by atoms with Crippen LogP contribution in [0.3, 0.4) is 0 Å². The van der Waals surface area contributed by atoms with E-state index in [0.29, 0.717) is 5.69 Å². The van der Waals surface area contributed by atoms with Gasteiger partial charge in [0.2, 0.25) is 0 Å². The van der Waals surface area contributed by atoms with Crippen LogP contribution in [-0.4, -0.2) is 5.91 Å². The average Bonchev–Trinajstić information content (AvgIpc) is 2.31. The summed E-state index contributed by atoms with van der Waals surface area (Å²) in [5.41, 5.74) is 6.14. The van der Waals surface area contributed by atoms with Gasteiger partial charge >= 0.3 is 0 Å². The number of amides is 1. The van der Waals surface area contributed by atoms with E-state index in [1.165, 1.54) is 30.3 Å². The highest BCUT2D eigenvalue weighted by atomic mass is 19.1. The van der Waals surface area contributed by atoms with E-state index in [-0.39, 0.29) is 11.3 Å². The molecule has 0 aliphatic carbocycles. The second kappa shape index (κ2) is 4.83. The first-order valence-corrected chi connectivity index (χ1v) is 5.17. The molecule has 0 fully saturated rings. The molecule has 1 amide bonds. The zero-order valence-corrected chi connectivity index (χ0v) is 9.28. The molecule has 3 N–H and O–H groups in total. The van der Waals surface area contributed by atoms with Gasteiger partial charge in [-0.15, -0.1) is 0 Å². The van der Waals surface area contributed by atoms with Gasteiger partial charge in [0.25, 0.3) is 5.91 Å². The summed E-state index contributed by atoms with van der Waals surface area (Å²) in [7, 11) is 0. The lowest BCUT2D eigenvalue weighted by Gasteiger charge is -2.06. The summed E-state index contributed by atoms with van der Waals surface area (Å²) in [6, 6.07) is 8.82. The summed E-state index contributed by atoms with van der Waals surface area (Å²) in [5, 5.41) is 2.51. The minimum Gasteiger partial charge on any atom is -0.399 e. The molecule has 0 unspecified atom stereocenters. The molecule has 0 bridgehead atoms. The van der Waals surface area contributed by atoms with Gasteiger partial charge < -0.3 is 11.1 Å². The second-order valence-corrected chi connectivity index (χ2v) is 3.73. The van der Waals surface area contributed by atoms with Crippen LogP contribution in [0.5, 0.6) is 0 Å². The first kappa shape index (κ1) is 12.0. The van der Waals surface area contributed by atoms with E-state index in [1.54, 1.807) is 0 Å². The Morgan fingerprint density at radius 1 is 1.00 bits per heavy atom. The lowest BCUT2D eigenvalue weighted by atomic mass is 10.2. The van der Waals surface area contributed by atoms with Crippen LogP contribution in [0.15, 0.2) is 42.5 Å². The van der Waals surface area contributed by atoms with Crippen LogP contribution in [0.25, 0.3) is 0 Å². The maximum Gasteiger partial charge on any atom is 0.255 e. The molecule has 0 saturated carbocycles. The summed E-state index contributed by atoms with van der Waals surface area (Å²) < 4.78 is 25.7. The van der Waals surface area contributed by atoms with Gasteiger partial charge in [-0.05, 0) is 42.5 Å². The van der Waals surface area contributed by atoms with Crippen LogP contribution < -0.4 is 11.1 Å². The monoisotopic (exact) mass is 248 g/mol. The molecule has 0 saturated heterocycles. The van der Waals surface area contributed by atoms with Gasteiger partial charge in [-0.2, -0.15) is 0 Å². The van der Waals surface area contributed by atoms with Crippen LogP contribution >= 0.6 is 0 Å². The van der Waals surface area contributed by atoms with E-state index < -0.39 is 17.5 Å². The van der Waals surface area contributed by atoms with Gasteiger partial charge in [-0.1, -0.05) is 0 Å². The third kappa shape index (κ3) is 2.82. The van der Waals surface area contributed by atoms with Crippen molar-refractivity contribution in [3.8, 4) is 0 Å². The molecule has 2 rings (SSSR count). The molecule has 0 aliphatic heterocycles. The van der Waals surface area contributed by atoms with Gasteiger partial charge in [0, 0.05) is 16.9 Å². The summed E-state index contributed by atoms with van der Waals surface area (Å²) in [6.45, 7) is 0. The predicted molar refractivity (Wildman–Crippen MR) is 65.2 cm³/mol. The molecule has 0 heterocycles. The van der Waals surface area contributed by atoms with Crippen molar-refractivity contribution >= 4 is 17.3 Å². The molecule has 0 atom stereocenters. The van der Waals surface area contributed by atoms with Crippen molar-refractivity contribution in [2.24, 2.45) is 0 Å². The summed E-state index contributed by atoms with van der Waals surface area (Å²) in [5.74, 6) is -1.49. The van der Waals surface area contributed by atoms with Crippen molar-refractivity contribution in [3.05, 3.63) is 59.7 Å². The largest absolute Gasteiger partial charge is 0.399 e. The Balaban J connectivity index is 2.19. The standard InChI is InChI=1S/C13H10F2N2O/c14-9-1-3-12(4-2-9)17-13(18)8-5-10(15)7-11(16)6-8/h1-7H,16H2,(H,17,18). The molecule has 3 nitrogen and oxygen atoms in total. The number of hydrogen-bond acceptors (Lipinski definition) is 2. The lowest BCUT2D eigenvalue weighted by molar-refractivity contribution is 0.102. The predicted octanol–water partition coefficient (Wildman–Crippen LogP) is 2.80. The molecule has 0 spiro atoms. The highest BCUT2D eigenvalue weighted by molar-refractivity contribution is 6.04. The zero-order valence-electron chi connectivity index (χ0n) is 9.28. The minimum atomic E-state index is -0.584. The molecule has 2 aromatic carbocycles. The minimum absolute atomic E-state index is 0.108. The highest BCUT2D eigenvalue weighted by Gasteiger charge is 2.08. The third-order valence-electron chi connectivity index (χ3n) is 2.28. The fraction of sp³-hybridized carbons (Fsp3) is 0. The number of benzene rings is 2. The van der Waals surface area contributed by atoms with Crippen LogP contribution in [-0.2, 0) is 0 Å². The quantitative estimate of drug-likeness (QED) is 0.803. The van der Waals surface area contributed by atoms with Gasteiger partial charge in [0.05, 0.1) is 0 Å². The van der Waals surface area contributed by atoms with E-state index in [0.717, 1.165) is 12.1 Å². The molecular weight excluding hydrogens is 238 g/mol. The number of rotatable bonds is 2. The Labute approximate surface area is 102 Å². The molecular formula is C13H10F2N2O. The van der Waals surface area contributed by atoms with E-state index >= 15 is 0 Å². The molecule has 0 aliphatic rings. The first-order chi connectivity index (χ1) is 8.54. The van der Waals surface area contributed by atoms with Crippen molar-refractivity contribution in [1.29, 1.82) is 0 Å². The molecule has 92 valence electrons. The molecule has 5 heteroatoms. The topological polar surface area (TPSA) is 55.1 Å². The van der Waals surface area contributed by atoms with Gasteiger partial charge in [0.1, 0.15) is 11.6 Å². The smallest absolute Gasteiger partial charge is 0.255 e. The van der Waals surface area contributed by atoms with Crippen LogP contribution in [0.2, 0.25) is 0 Å². The Morgan fingerprint density at radius 3 is 2.28 bits per heavy atom. The number of halogens is 2. The van der Waals surface area contributed by atoms with E-state index in [9.17, 15) is 13.6 Å². The molecule has 0 aromatic heterocycles. The fourth-order valence-corrected chi connectivity index (χ4v) is 1.48. The zero-order chi connectivity index (χ0) is 13.1. The molecule has 2 aromatic rings. The summed E-state index contributed by atoms with van der Waals surface area (Å²) in [6.07, 6.45) is 0. The number of nitrogen functional groups attached to an aromatic ring is 1. The van der Waals surface area contributed by atoms with Crippen molar-refractivity contribution in [1.82, 2.24) is 0 Å². The normalized spacial score (nSPS) is 10.1. The Bertz CT molecular complexity index is 562. The number of anilines is 2. The number of carbonyl (C=O) groups excluding carboxylic acids is 1. The summed E-state index contributed by atoms with van der Waals surface area (Å²) in [4.78, 5) is 11.8. The van der Waals surface area contributed by atoms with Gasteiger partial charge in [0.15, 0.2) is 0 Å². The molecule has 0 radical (unpaired) electrons. The number of nitrogens with one attached hydrogen (secondary N) is 1. The maximum absolute atomic E-state index is 13.1. The van der Waals surface area contributed by atoms with Crippen molar-refractivity contribution in [2.75, 3.05) is 11.1 Å². The van der Waals surface area contributed by atoms with E-state index in [1.807, 2.05) is 0 Å². The fourth-order valence-electron chi connectivity index (χ4n) is 1.48. The number of carbonyl (C=O) groups is 1. The summed E-state index contributed by atoms with van der Waals surface area (Å²) >= 11 is 0. The third-order valence-corrected chi connectivity index (χ3v) is 2.28. The first-order valence-electron chi connectivity index (χ1n) is 5.17. The number of hydrogen-bond donors (Lipinski definition) is 2. The van der Waals surface area contributed by atoms with Crippen LogP contribution in [0.1, 0.15) is 10.4 Å². The molecule has 18 heavy (non-hydrogen) atoms. The maximum atomic E-state index is 13.1. The van der Waals surface area contributed by atoms with E-state index in [4.69, 9.17) is 5.73 Å². The average molecular weight is 248 g/mol. The number of nitrogens with two attached hydrogens (primary N) is 1. The van der Waals surface area contributed by atoms with Crippen molar-refractivity contribution < 1.29 is 13.6 Å².